The molecule has 2 heterocycles. The van der Waals surface area contributed by atoms with Crippen LogP contribution in [0.2, 0.25) is 0 Å². The highest BCUT2D eigenvalue weighted by Crippen LogP contribution is 2.29. The van der Waals surface area contributed by atoms with Gasteiger partial charge in [0.05, 0.1) is 10.2 Å². The van der Waals surface area contributed by atoms with Gasteiger partial charge in [-0.2, -0.15) is 5.10 Å². The maximum Gasteiger partial charge on any atom is 0.277 e. The van der Waals surface area contributed by atoms with Crippen LogP contribution in [-0.2, 0) is 6.54 Å². The summed E-state index contributed by atoms with van der Waals surface area (Å²) < 4.78 is 2.88. The minimum Gasteiger partial charge on any atom is -0.296 e. The Balaban J connectivity index is 1.89. The number of hydrogen-bond donors (Lipinski definition) is 1. The smallest absolute Gasteiger partial charge is 0.277 e. The summed E-state index contributed by atoms with van der Waals surface area (Å²) in [4.78, 5) is 16.8. The van der Waals surface area contributed by atoms with E-state index in [1.807, 2.05) is 19.9 Å². The third kappa shape index (κ3) is 2.50. The number of hydrogen-bond acceptors (Lipinski definition) is 4. The minimum atomic E-state index is -0.219. The number of carbonyl (C=O) groups is 1. The third-order valence-electron chi connectivity index (χ3n) is 3.82. The summed E-state index contributed by atoms with van der Waals surface area (Å²) in [5, 5.41) is 7.75. The van der Waals surface area contributed by atoms with Gasteiger partial charge < -0.3 is 0 Å². The largest absolute Gasteiger partial charge is 0.296 e. The summed E-state index contributed by atoms with van der Waals surface area (Å²) in [5.41, 5.74) is 4.71. The number of anilines is 1. The lowest BCUT2D eigenvalue weighted by molar-refractivity contribution is 0.102. The van der Waals surface area contributed by atoms with E-state index in [1.165, 1.54) is 16.9 Å². The molecule has 5 nitrogen and oxygen atoms in total. The Bertz CT molecular complexity index is 863. The van der Waals surface area contributed by atoms with Crippen molar-refractivity contribution in [2.75, 3.05) is 5.32 Å². The van der Waals surface area contributed by atoms with Crippen LogP contribution in [-0.4, -0.2) is 20.7 Å². The lowest BCUT2D eigenvalue weighted by Crippen LogP contribution is -2.13. The van der Waals surface area contributed by atoms with Crippen LogP contribution >= 0.6 is 11.3 Å². The molecule has 0 aliphatic rings. The highest BCUT2D eigenvalue weighted by atomic mass is 32.1. The fraction of sp³-hybridized carbons (Fsp3) is 0.312. The summed E-state index contributed by atoms with van der Waals surface area (Å²) in [6.07, 6.45) is 0. The molecular weight excluding hydrogens is 296 g/mol. The molecule has 0 spiro atoms. The molecule has 0 saturated carbocycles. The predicted molar refractivity (Wildman–Crippen MR) is 89.7 cm³/mol. The fourth-order valence-corrected chi connectivity index (χ4v) is 3.30. The molecule has 22 heavy (non-hydrogen) atoms. The number of amides is 1. The first-order valence-corrected chi connectivity index (χ1v) is 8.03. The van der Waals surface area contributed by atoms with E-state index in [0.717, 1.165) is 28.0 Å². The quantitative estimate of drug-likeness (QED) is 0.802. The Morgan fingerprint density at radius 1 is 1.32 bits per heavy atom. The van der Waals surface area contributed by atoms with Crippen LogP contribution in [0.15, 0.2) is 18.2 Å². The molecule has 0 atom stereocenters. The molecule has 2 aromatic heterocycles. The van der Waals surface area contributed by atoms with Crippen molar-refractivity contribution in [3.05, 3.63) is 40.7 Å². The topological polar surface area (TPSA) is 59.8 Å². The van der Waals surface area contributed by atoms with Crippen molar-refractivity contribution >= 4 is 32.6 Å². The van der Waals surface area contributed by atoms with Gasteiger partial charge >= 0.3 is 0 Å². The fourth-order valence-electron chi connectivity index (χ4n) is 2.38. The van der Waals surface area contributed by atoms with E-state index >= 15 is 0 Å². The van der Waals surface area contributed by atoms with Crippen LogP contribution in [0.3, 0.4) is 0 Å². The molecule has 0 unspecified atom stereocenters. The Morgan fingerprint density at radius 2 is 2.09 bits per heavy atom. The van der Waals surface area contributed by atoms with Crippen LogP contribution in [0.25, 0.3) is 10.2 Å². The van der Waals surface area contributed by atoms with E-state index < -0.39 is 0 Å². The van der Waals surface area contributed by atoms with Gasteiger partial charge in [-0.15, -0.1) is 0 Å². The molecule has 0 saturated heterocycles. The molecule has 1 aromatic carbocycles. The maximum atomic E-state index is 12.3. The van der Waals surface area contributed by atoms with Gasteiger partial charge in [0.1, 0.15) is 0 Å². The lowest BCUT2D eigenvalue weighted by atomic mass is 10.1. The van der Waals surface area contributed by atoms with Gasteiger partial charge in [0, 0.05) is 12.2 Å². The van der Waals surface area contributed by atoms with Crippen LogP contribution in [0.5, 0.6) is 0 Å². The van der Waals surface area contributed by atoms with E-state index in [4.69, 9.17) is 0 Å². The third-order valence-corrected chi connectivity index (χ3v) is 4.75. The van der Waals surface area contributed by atoms with Gasteiger partial charge in [0.25, 0.3) is 5.91 Å². The first-order chi connectivity index (χ1) is 10.5. The van der Waals surface area contributed by atoms with Gasteiger partial charge in [-0.3, -0.25) is 14.8 Å². The zero-order chi connectivity index (χ0) is 15.9. The zero-order valence-electron chi connectivity index (χ0n) is 13.1. The number of benzene rings is 1. The number of nitrogens with one attached hydrogen (secondary N) is 1. The predicted octanol–water partition coefficient (Wildman–Crippen LogP) is 3.69. The molecule has 0 fully saturated rings. The number of fused-ring (bicyclic) bond motifs is 1. The number of aromatic nitrogens is 3. The molecule has 0 radical (unpaired) electrons. The average molecular weight is 314 g/mol. The molecule has 3 rings (SSSR count). The summed E-state index contributed by atoms with van der Waals surface area (Å²) >= 11 is 1.48. The molecule has 6 heteroatoms. The second-order valence-electron chi connectivity index (χ2n) is 5.31. The Morgan fingerprint density at radius 3 is 2.77 bits per heavy atom. The normalized spacial score (nSPS) is 11.1. The van der Waals surface area contributed by atoms with Crippen molar-refractivity contribution in [2.45, 2.75) is 34.2 Å². The lowest BCUT2D eigenvalue weighted by Gasteiger charge is -1.99. The molecule has 0 aliphatic carbocycles. The summed E-state index contributed by atoms with van der Waals surface area (Å²) in [6.45, 7) is 8.80. The molecule has 1 amide bonds. The Hall–Kier alpha value is -2.21. The second-order valence-corrected chi connectivity index (χ2v) is 6.34. The molecule has 3 aromatic rings. The van der Waals surface area contributed by atoms with Crippen LogP contribution in [0, 0.1) is 20.8 Å². The van der Waals surface area contributed by atoms with Gasteiger partial charge in [0.15, 0.2) is 10.8 Å². The average Bonchev–Trinajstić information content (AvgIpc) is 3.06. The van der Waals surface area contributed by atoms with Crippen LogP contribution < -0.4 is 5.32 Å². The van der Waals surface area contributed by atoms with Crippen molar-refractivity contribution in [3.63, 3.8) is 0 Å². The van der Waals surface area contributed by atoms with Gasteiger partial charge in [-0.25, -0.2) is 4.98 Å². The SMILES string of the molecule is CCn1nc(C(=O)Nc2nc3c(C)c(C)ccc3s2)cc1C. The number of carbonyl (C=O) groups excluding carboxylic acids is 1. The molecule has 1 N–H and O–H groups in total. The van der Waals surface area contributed by atoms with E-state index in [0.29, 0.717) is 10.8 Å². The van der Waals surface area contributed by atoms with Gasteiger partial charge in [-0.1, -0.05) is 17.4 Å². The highest BCUT2D eigenvalue weighted by molar-refractivity contribution is 7.22. The summed E-state index contributed by atoms with van der Waals surface area (Å²) in [6, 6.07) is 5.91. The maximum absolute atomic E-state index is 12.3. The second kappa shape index (κ2) is 5.53. The highest BCUT2D eigenvalue weighted by Gasteiger charge is 2.15. The van der Waals surface area contributed by atoms with Crippen molar-refractivity contribution < 1.29 is 4.79 Å². The number of rotatable bonds is 3. The molecule has 114 valence electrons. The summed E-state index contributed by atoms with van der Waals surface area (Å²) in [7, 11) is 0. The Kier molecular flexibility index (Phi) is 3.70. The molecular formula is C16H18N4OS. The monoisotopic (exact) mass is 314 g/mol. The summed E-state index contributed by atoms with van der Waals surface area (Å²) in [5.74, 6) is -0.219. The van der Waals surface area contributed by atoms with Crippen molar-refractivity contribution in [2.24, 2.45) is 0 Å². The van der Waals surface area contributed by atoms with Crippen molar-refractivity contribution in [3.8, 4) is 0 Å². The van der Waals surface area contributed by atoms with E-state index in [1.54, 1.807) is 10.7 Å². The number of aryl methyl sites for hydroxylation is 4. The van der Waals surface area contributed by atoms with Gasteiger partial charge in [0.2, 0.25) is 0 Å². The first kappa shape index (κ1) is 14.7. The van der Waals surface area contributed by atoms with E-state index in [9.17, 15) is 4.79 Å². The van der Waals surface area contributed by atoms with Crippen molar-refractivity contribution in [1.82, 2.24) is 14.8 Å². The number of thiazole rings is 1. The van der Waals surface area contributed by atoms with Crippen LogP contribution in [0.4, 0.5) is 5.13 Å². The first-order valence-electron chi connectivity index (χ1n) is 7.22. The zero-order valence-corrected chi connectivity index (χ0v) is 13.9. The number of nitrogens with zero attached hydrogens (tertiary/aromatic N) is 3. The van der Waals surface area contributed by atoms with E-state index in [2.05, 4.69) is 35.3 Å². The van der Waals surface area contributed by atoms with Crippen molar-refractivity contribution in [1.29, 1.82) is 0 Å². The molecule has 0 aliphatic heterocycles. The minimum absolute atomic E-state index is 0.219. The Labute approximate surface area is 133 Å². The standard InChI is InChI=1S/C16H18N4OS/c1-5-20-10(3)8-12(19-20)15(21)18-16-17-14-11(4)9(2)6-7-13(14)22-16/h6-8H,5H2,1-4H3,(H,17,18,21). The molecule has 0 bridgehead atoms. The van der Waals surface area contributed by atoms with E-state index in [-0.39, 0.29) is 5.91 Å². The van der Waals surface area contributed by atoms with Gasteiger partial charge in [-0.05, 0) is 51.0 Å². The van der Waals surface area contributed by atoms with Crippen LogP contribution in [0.1, 0.15) is 34.2 Å².